The number of amides is 2. The molecule has 17 nitrogen and oxygen atoms in total. The van der Waals surface area contributed by atoms with Crippen molar-refractivity contribution in [2.24, 2.45) is 0 Å². The van der Waals surface area contributed by atoms with Crippen LogP contribution in [0, 0.1) is 0 Å². The van der Waals surface area contributed by atoms with Gasteiger partial charge in [-0.25, -0.2) is 9.59 Å². The molecule has 2 amide bonds. The van der Waals surface area contributed by atoms with E-state index in [-0.39, 0.29) is 40.5 Å². The quantitative estimate of drug-likeness (QED) is 0.0642. The van der Waals surface area contributed by atoms with E-state index < -0.39 is 18.4 Å². The van der Waals surface area contributed by atoms with Crippen LogP contribution in [0.2, 0.25) is 0 Å². The minimum atomic E-state index is -1.14. The minimum Gasteiger partial charge on any atom is -0.493 e. The van der Waals surface area contributed by atoms with Crippen molar-refractivity contribution < 1.29 is 42.9 Å². The number of nitrogens with zero attached hydrogens (tertiary/aromatic N) is 6. The second-order valence-electron chi connectivity index (χ2n) is 16.6. The molecule has 2 fully saturated rings. The number of imidazole rings is 1. The van der Waals surface area contributed by atoms with Gasteiger partial charge in [-0.2, -0.15) is 10.2 Å². The van der Waals surface area contributed by atoms with Crippen molar-refractivity contribution in [3.8, 4) is 34.3 Å². The van der Waals surface area contributed by atoms with Crippen LogP contribution in [0.4, 0.5) is 9.59 Å². The first-order chi connectivity index (χ1) is 34.1. The molecule has 0 radical (unpaired) electrons. The molecule has 2 N–H and O–H groups in total. The number of hydrogen-bond donors (Lipinski definition) is 2. The van der Waals surface area contributed by atoms with E-state index in [1.54, 1.807) is 12.1 Å². The average Bonchev–Trinajstić information content (AvgIpc) is 4.12. The van der Waals surface area contributed by atoms with Gasteiger partial charge in [-0.1, -0.05) is 97.9 Å². The highest BCUT2D eigenvalue weighted by atomic mass is 35.5. The van der Waals surface area contributed by atoms with Crippen LogP contribution in [0.5, 0.6) is 11.8 Å². The lowest BCUT2D eigenvalue weighted by Gasteiger charge is -2.22. The third kappa shape index (κ3) is 13.7. The molecular formula is C52H55ClN8O9S. The maximum absolute atomic E-state index is 13.4. The molecule has 4 heterocycles. The molecule has 2 aliphatic rings. The fourth-order valence-corrected chi connectivity index (χ4v) is 9.02. The van der Waals surface area contributed by atoms with E-state index >= 15 is 0 Å². The third-order valence-corrected chi connectivity index (χ3v) is 12.7. The number of carbonyl (C=O) groups is 4. The summed E-state index contributed by atoms with van der Waals surface area (Å²) in [6.45, 7) is 6.81. The van der Waals surface area contributed by atoms with Crippen LogP contribution < -0.4 is 14.8 Å². The normalized spacial score (nSPS) is 14.9. The summed E-state index contributed by atoms with van der Waals surface area (Å²) < 4.78 is 29.6. The molecule has 71 heavy (non-hydrogen) atoms. The molecule has 1 aliphatic carbocycles. The summed E-state index contributed by atoms with van der Waals surface area (Å²) in [5.41, 5.74) is 8.43. The minimum absolute atomic E-state index is 0. The summed E-state index contributed by atoms with van der Waals surface area (Å²) in [7, 11) is 0. The highest BCUT2D eigenvalue weighted by Gasteiger charge is 2.31. The number of aromatic nitrogens is 7. The molecular weight excluding hydrogens is 948 g/mol. The Labute approximate surface area is 421 Å². The molecule has 1 saturated heterocycles. The van der Waals surface area contributed by atoms with Gasteiger partial charge in [-0.3, -0.25) is 24.5 Å². The van der Waals surface area contributed by atoms with Crippen molar-refractivity contribution >= 4 is 58.5 Å². The number of benzene rings is 4. The highest BCUT2D eigenvalue weighted by molar-refractivity contribution is 8.15. The Morgan fingerprint density at radius 3 is 2.25 bits per heavy atom. The van der Waals surface area contributed by atoms with Gasteiger partial charge in [-0.05, 0) is 109 Å². The number of para-hydroxylation sites is 1. The first-order valence-corrected chi connectivity index (χ1v) is 24.3. The highest BCUT2D eigenvalue weighted by Crippen LogP contribution is 2.32. The Bertz CT molecular complexity index is 2880. The van der Waals surface area contributed by atoms with Crippen LogP contribution in [0.1, 0.15) is 85.6 Å². The van der Waals surface area contributed by atoms with E-state index in [2.05, 4.69) is 48.9 Å². The molecule has 3 aromatic heterocycles. The van der Waals surface area contributed by atoms with Gasteiger partial charge in [0.1, 0.15) is 11.9 Å². The molecule has 19 heteroatoms. The number of hydrogen-bond acceptors (Lipinski definition) is 15. The summed E-state index contributed by atoms with van der Waals surface area (Å²) in [5, 5.41) is 16.2. The van der Waals surface area contributed by atoms with E-state index in [0.29, 0.717) is 49.0 Å². The number of H-pyrrole nitrogens is 1. The summed E-state index contributed by atoms with van der Waals surface area (Å²) in [6.07, 6.45) is 6.85. The van der Waals surface area contributed by atoms with Crippen molar-refractivity contribution in [1.82, 2.24) is 40.5 Å². The zero-order valence-corrected chi connectivity index (χ0v) is 41.2. The molecule has 9 rings (SSSR count). The number of tetrazole rings is 1. The van der Waals surface area contributed by atoms with Crippen molar-refractivity contribution in [1.29, 1.82) is 0 Å². The van der Waals surface area contributed by atoms with Crippen LogP contribution in [-0.4, -0.2) is 89.3 Å². The fraction of sp³-hybridized carbons (Fsp3) is 0.327. The van der Waals surface area contributed by atoms with Gasteiger partial charge in [0, 0.05) is 30.8 Å². The number of aryl methyl sites for hydroxylation is 1. The molecule has 1 aliphatic heterocycles. The van der Waals surface area contributed by atoms with E-state index in [4.69, 9.17) is 23.7 Å². The van der Waals surface area contributed by atoms with Crippen molar-refractivity contribution in [2.75, 3.05) is 13.2 Å². The number of carbonyl (C=O) groups excluding carboxylic acids is 4. The monoisotopic (exact) mass is 1000 g/mol. The molecule has 7 aromatic rings. The summed E-state index contributed by atoms with van der Waals surface area (Å²) in [5.74, 6) is 0.433. The van der Waals surface area contributed by atoms with E-state index in [1.165, 1.54) is 12.5 Å². The fourth-order valence-electron chi connectivity index (χ4n) is 8.16. The Balaban J connectivity index is 0.000000242. The van der Waals surface area contributed by atoms with Crippen molar-refractivity contribution in [3.63, 3.8) is 0 Å². The molecule has 0 bridgehead atoms. The number of fused-ring (bicyclic) bond motifs is 1. The number of pyridine rings is 1. The van der Waals surface area contributed by atoms with E-state index in [9.17, 15) is 19.2 Å². The molecule has 2 atom stereocenters. The van der Waals surface area contributed by atoms with Gasteiger partial charge in [0.15, 0.2) is 0 Å². The lowest BCUT2D eigenvalue weighted by atomic mass is 9.98. The zero-order valence-electron chi connectivity index (χ0n) is 39.6. The number of nitrogens with one attached hydrogen (secondary N) is 2. The predicted molar refractivity (Wildman–Crippen MR) is 269 cm³/mol. The predicted octanol–water partition coefficient (Wildman–Crippen LogP) is 9.90. The van der Waals surface area contributed by atoms with Crippen LogP contribution in [0.3, 0.4) is 0 Å². The number of aromatic amines is 1. The van der Waals surface area contributed by atoms with Crippen LogP contribution in [0.25, 0.3) is 33.5 Å². The van der Waals surface area contributed by atoms with Gasteiger partial charge >= 0.3 is 12.1 Å². The van der Waals surface area contributed by atoms with Gasteiger partial charge in [0.05, 0.1) is 41.6 Å². The molecule has 0 spiro atoms. The Kier molecular flexibility index (Phi) is 18.1. The molecule has 4 aromatic carbocycles. The van der Waals surface area contributed by atoms with E-state index in [0.717, 1.165) is 96.0 Å². The lowest BCUT2D eigenvalue weighted by Crippen LogP contribution is -2.26. The van der Waals surface area contributed by atoms with E-state index in [1.807, 2.05) is 103 Å². The van der Waals surface area contributed by atoms with Gasteiger partial charge in [0.2, 0.25) is 18.0 Å². The van der Waals surface area contributed by atoms with Crippen molar-refractivity contribution in [3.05, 3.63) is 137 Å². The smallest absolute Gasteiger partial charge is 0.493 e. The number of esters is 1. The van der Waals surface area contributed by atoms with Gasteiger partial charge in [-0.15, -0.1) is 22.6 Å². The van der Waals surface area contributed by atoms with Crippen LogP contribution >= 0.6 is 24.2 Å². The lowest BCUT2D eigenvalue weighted by molar-refractivity contribution is -0.119. The number of imide groups is 1. The first-order valence-electron chi connectivity index (χ1n) is 23.4. The SMILES string of the molecule is CCOc1nc2cccc(C(=O)OC(C)OC(=O)OC3CCCCC3)c2n1Cc1ccc(-c2ccccc2-c2nn[nH]n2)cc1.CCc1ccc(CCOc2ccc(CC3SC(=O)NC3=O)cc2)nc1.Cl. The Morgan fingerprint density at radius 2 is 1.58 bits per heavy atom. The Hall–Kier alpha value is -7.31. The summed E-state index contributed by atoms with van der Waals surface area (Å²) >= 11 is 1.05. The summed E-state index contributed by atoms with van der Waals surface area (Å²) in [4.78, 5) is 57.5. The van der Waals surface area contributed by atoms with Gasteiger partial charge in [0.25, 0.3) is 11.2 Å². The maximum Gasteiger partial charge on any atom is 0.511 e. The average molecular weight is 1000 g/mol. The van der Waals surface area contributed by atoms with Gasteiger partial charge < -0.3 is 23.7 Å². The maximum atomic E-state index is 13.4. The Morgan fingerprint density at radius 1 is 0.831 bits per heavy atom. The summed E-state index contributed by atoms with van der Waals surface area (Å²) in [6, 6.07) is 33.3. The van der Waals surface area contributed by atoms with Crippen molar-refractivity contribution in [2.45, 2.75) is 96.3 Å². The standard InChI is InChI=1S/C33H34N6O6.C19H20N2O3S.ClH/c1-3-42-32-34-28-15-9-14-27(31(40)43-21(2)44-33(41)45-24-10-5-4-6-11-24)29(28)39(32)20-22-16-18-23(19-17-22)25-12-7-8-13-26(25)30-35-37-38-36-30;1-2-13-3-6-15(20-12-13)9-10-24-16-7-4-14(5-8-16)11-17-18(22)21-19(23)25-17;/h7-9,12-19,21,24H,3-6,10-11,20H2,1-2H3,(H,35,36,37,38);3-8,12,17H,2,9-11H2,1H3,(H,21,22,23);1H. The van der Waals surface area contributed by atoms with Crippen LogP contribution in [-0.2, 0) is 44.8 Å². The number of thioether (sulfide) groups is 1. The second kappa shape index (κ2) is 25.0. The third-order valence-electron chi connectivity index (χ3n) is 11.7. The molecule has 1 saturated carbocycles. The molecule has 370 valence electrons. The first kappa shape index (κ1) is 51.5. The number of ether oxygens (including phenoxy) is 5. The van der Waals surface area contributed by atoms with Crippen LogP contribution in [0.15, 0.2) is 109 Å². The largest absolute Gasteiger partial charge is 0.511 e. The number of halogens is 1. The molecule has 2 unspecified atom stereocenters. The number of rotatable bonds is 17. The zero-order chi connectivity index (χ0) is 48.8. The topological polar surface area (TPSA) is 212 Å². The second-order valence-corrected chi connectivity index (χ2v) is 17.8.